The number of alkyl halides is 1. The first-order valence-electron chi connectivity index (χ1n) is 6.23. The topological polar surface area (TPSA) is 3.24 Å². The maximum atomic E-state index is 6.06. The van der Waals surface area contributed by atoms with Crippen LogP contribution in [0.4, 0.5) is 5.69 Å². The van der Waals surface area contributed by atoms with Gasteiger partial charge in [0.2, 0.25) is 0 Å². The van der Waals surface area contributed by atoms with Gasteiger partial charge in [0.15, 0.2) is 0 Å². The lowest BCUT2D eigenvalue weighted by Gasteiger charge is -2.31. The summed E-state index contributed by atoms with van der Waals surface area (Å²) in [4.78, 5) is 2.50. The van der Waals surface area contributed by atoms with Gasteiger partial charge in [-0.25, -0.2) is 0 Å². The van der Waals surface area contributed by atoms with Crippen molar-refractivity contribution in [3.05, 3.63) is 28.8 Å². The van der Waals surface area contributed by atoms with E-state index in [1.54, 1.807) is 0 Å². The first kappa shape index (κ1) is 13.2. The fourth-order valence-corrected chi connectivity index (χ4v) is 2.75. The molecule has 0 atom stereocenters. The molecule has 94 valence electrons. The first-order valence-corrected chi connectivity index (χ1v) is 7.72. The zero-order valence-electron chi connectivity index (χ0n) is 10.4. The van der Waals surface area contributed by atoms with Gasteiger partial charge >= 0.3 is 0 Å². The Bertz CT molecular complexity index is 388. The van der Waals surface area contributed by atoms with Crippen molar-refractivity contribution >= 4 is 33.2 Å². The lowest BCUT2D eigenvalue weighted by molar-refractivity contribution is 0.643. The van der Waals surface area contributed by atoms with Crippen LogP contribution in [0.5, 0.6) is 0 Å². The van der Waals surface area contributed by atoms with Crippen molar-refractivity contribution in [2.75, 3.05) is 11.4 Å². The fraction of sp³-hybridized carbons (Fsp3) is 0.571. The molecule has 3 heteroatoms. The molecule has 1 aliphatic carbocycles. The van der Waals surface area contributed by atoms with E-state index in [2.05, 4.69) is 46.8 Å². The SMILES string of the molecule is CC(C)N(CC1CC1)c1ccc(Cl)cc1CBr. The van der Waals surface area contributed by atoms with Crippen molar-refractivity contribution in [1.82, 2.24) is 0 Å². The number of anilines is 1. The summed E-state index contributed by atoms with van der Waals surface area (Å²) in [6.45, 7) is 5.70. The van der Waals surface area contributed by atoms with E-state index in [0.29, 0.717) is 6.04 Å². The van der Waals surface area contributed by atoms with Crippen molar-refractivity contribution in [3.63, 3.8) is 0 Å². The third-order valence-electron chi connectivity index (χ3n) is 3.27. The minimum absolute atomic E-state index is 0.537. The van der Waals surface area contributed by atoms with Crippen LogP contribution in [-0.4, -0.2) is 12.6 Å². The molecule has 0 saturated heterocycles. The molecular formula is C14H19BrClN. The molecule has 1 aromatic rings. The van der Waals surface area contributed by atoms with Gasteiger partial charge in [-0.15, -0.1) is 0 Å². The summed E-state index contributed by atoms with van der Waals surface area (Å²) in [5.41, 5.74) is 2.61. The molecule has 1 aromatic carbocycles. The highest BCUT2D eigenvalue weighted by atomic mass is 79.9. The smallest absolute Gasteiger partial charge is 0.0410 e. The molecule has 0 bridgehead atoms. The number of hydrogen-bond acceptors (Lipinski definition) is 1. The van der Waals surface area contributed by atoms with Crippen molar-refractivity contribution < 1.29 is 0 Å². The third-order valence-corrected chi connectivity index (χ3v) is 4.11. The monoisotopic (exact) mass is 315 g/mol. The van der Waals surface area contributed by atoms with Gasteiger partial charge in [-0.1, -0.05) is 27.5 Å². The van der Waals surface area contributed by atoms with Crippen molar-refractivity contribution in [2.24, 2.45) is 5.92 Å². The summed E-state index contributed by atoms with van der Waals surface area (Å²) in [5.74, 6) is 0.899. The standard InChI is InChI=1S/C14H19BrClN/c1-10(2)17(9-11-3-4-11)14-6-5-13(16)7-12(14)8-15/h5-7,10-11H,3-4,8-9H2,1-2H3. The van der Waals surface area contributed by atoms with Gasteiger partial charge in [0.25, 0.3) is 0 Å². The van der Waals surface area contributed by atoms with Gasteiger partial charge in [-0.3, -0.25) is 0 Å². The van der Waals surface area contributed by atoms with Gasteiger partial charge in [0.05, 0.1) is 0 Å². The maximum absolute atomic E-state index is 6.06. The van der Waals surface area contributed by atoms with Crippen molar-refractivity contribution in [1.29, 1.82) is 0 Å². The molecule has 0 spiro atoms. The van der Waals surface area contributed by atoms with Crippen molar-refractivity contribution in [2.45, 2.75) is 38.1 Å². The summed E-state index contributed by atoms with van der Waals surface area (Å²) < 4.78 is 0. The van der Waals surface area contributed by atoms with E-state index in [9.17, 15) is 0 Å². The van der Waals surface area contributed by atoms with Gasteiger partial charge in [0, 0.05) is 28.6 Å². The largest absolute Gasteiger partial charge is 0.369 e. The molecular weight excluding hydrogens is 298 g/mol. The molecule has 0 aromatic heterocycles. The molecule has 1 aliphatic rings. The Morgan fingerprint density at radius 2 is 2.12 bits per heavy atom. The molecule has 2 rings (SSSR count). The highest BCUT2D eigenvalue weighted by Gasteiger charge is 2.26. The van der Waals surface area contributed by atoms with E-state index >= 15 is 0 Å². The average molecular weight is 317 g/mol. The summed E-state index contributed by atoms with van der Waals surface area (Å²) in [7, 11) is 0. The zero-order valence-corrected chi connectivity index (χ0v) is 12.8. The summed E-state index contributed by atoms with van der Waals surface area (Å²) >= 11 is 9.62. The predicted octanol–water partition coefficient (Wildman–Crippen LogP) is 4.86. The van der Waals surface area contributed by atoms with E-state index in [0.717, 1.165) is 16.3 Å². The predicted molar refractivity (Wildman–Crippen MR) is 79.3 cm³/mol. The number of halogens is 2. The van der Waals surface area contributed by atoms with Crippen LogP contribution in [0.15, 0.2) is 18.2 Å². The molecule has 17 heavy (non-hydrogen) atoms. The summed E-state index contributed by atoms with van der Waals surface area (Å²) in [6.07, 6.45) is 2.78. The normalized spacial score (nSPS) is 15.4. The van der Waals surface area contributed by atoms with Gasteiger partial charge in [-0.05, 0) is 56.4 Å². The highest BCUT2D eigenvalue weighted by molar-refractivity contribution is 9.08. The molecule has 0 N–H and O–H groups in total. The minimum Gasteiger partial charge on any atom is -0.369 e. The molecule has 0 aliphatic heterocycles. The Kier molecular flexibility index (Phi) is 4.37. The Morgan fingerprint density at radius 3 is 2.65 bits per heavy atom. The first-order chi connectivity index (χ1) is 8.11. The van der Waals surface area contributed by atoms with Crippen LogP contribution < -0.4 is 4.90 Å². The molecule has 0 amide bonds. The molecule has 0 heterocycles. The second-order valence-corrected chi connectivity index (χ2v) is 6.09. The molecule has 0 unspecified atom stereocenters. The summed E-state index contributed by atoms with van der Waals surface area (Å²) in [6, 6.07) is 6.75. The Hall–Kier alpha value is -0.210. The van der Waals surface area contributed by atoms with Crippen molar-refractivity contribution in [3.8, 4) is 0 Å². The lowest BCUT2D eigenvalue weighted by atomic mass is 10.1. The Morgan fingerprint density at radius 1 is 1.41 bits per heavy atom. The number of hydrogen-bond donors (Lipinski definition) is 0. The highest BCUT2D eigenvalue weighted by Crippen LogP contribution is 2.34. The minimum atomic E-state index is 0.537. The number of nitrogens with zero attached hydrogens (tertiary/aromatic N) is 1. The zero-order chi connectivity index (χ0) is 12.4. The van der Waals surface area contributed by atoms with E-state index in [4.69, 9.17) is 11.6 Å². The Labute approximate surface area is 117 Å². The van der Waals surface area contributed by atoms with E-state index in [1.165, 1.54) is 30.6 Å². The number of benzene rings is 1. The van der Waals surface area contributed by atoms with Crippen LogP contribution in [0.3, 0.4) is 0 Å². The molecule has 1 nitrogen and oxygen atoms in total. The van der Waals surface area contributed by atoms with Gasteiger partial charge in [-0.2, -0.15) is 0 Å². The quantitative estimate of drug-likeness (QED) is 0.701. The van der Waals surface area contributed by atoms with Crippen LogP contribution in [0.25, 0.3) is 0 Å². The van der Waals surface area contributed by atoms with Crippen LogP contribution in [0, 0.1) is 5.92 Å². The fourth-order valence-electron chi connectivity index (χ4n) is 2.11. The second-order valence-electron chi connectivity index (χ2n) is 5.10. The average Bonchev–Trinajstić information content (AvgIpc) is 3.09. The number of rotatable bonds is 5. The lowest BCUT2D eigenvalue weighted by Crippen LogP contribution is -2.33. The third kappa shape index (κ3) is 3.38. The molecule has 0 radical (unpaired) electrons. The van der Waals surface area contributed by atoms with Crippen LogP contribution >= 0.6 is 27.5 Å². The second kappa shape index (κ2) is 5.62. The van der Waals surface area contributed by atoms with Gasteiger partial charge < -0.3 is 4.90 Å². The maximum Gasteiger partial charge on any atom is 0.0410 e. The van der Waals surface area contributed by atoms with Crippen LogP contribution in [-0.2, 0) is 5.33 Å². The van der Waals surface area contributed by atoms with E-state index in [1.807, 2.05) is 6.07 Å². The van der Waals surface area contributed by atoms with Gasteiger partial charge in [0.1, 0.15) is 0 Å². The van der Waals surface area contributed by atoms with Crippen LogP contribution in [0.2, 0.25) is 5.02 Å². The van der Waals surface area contributed by atoms with E-state index < -0.39 is 0 Å². The summed E-state index contributed by atoms with van der Waals surface area (Å²) in [5, 5.41) is 1.68. The molecule has 1 fully saturated rings. The Balaban J connectivity index is 2.26. The van der Waals surface area contributed by atoms with E-state index in [-0.39, 0.29) is 0 Å². The molecule has 1 saturated carbocycles. The van der Waals surface area contributed by atoms with Crippen LogP contribution in [0.1, 0.15) is 32.3 Å².